The van der Waals surface area contributed by atoms with E-state index in [4.69, 9.17) is 0 Å². The van der Waals surface area contributed by atoms with E-state index in [-0.39, 0.29) is 0 Å². The van der Waals surface area contributed by atoms with Gasteiger partial charge in [-0.1, -0.05) is 46.0 Å². The molecule has 0 amide bonds. The lowest BCUT2D eigenvalue weighted by Gasteiger charge is -2.34. The van der Waals surface area contributed by atoms with Gasteiger partial charge in [-0.2, -0.15) is 11.8 Å². The second kappa shape index (κ2) is 8.56. The third-order valence-corrected chi connectivity index (χ3v) is 6.57. The molecule has 0 radical (unpaired) electrons. The molecule has 1 N–H and O–H groups in total. The second-order valence-corrected chi connectivity index (χ2v) is 8.12. The standard InChI is InChI=1S/C17H33NS/c1-3-18-17(15-9-7-8-14(2)12-15)13-19-16-10-5-4-6-11-16/h14-18H,3-13H2,1-2H3. The maximum absolute atomic E-state index is 3.79. The summed E-state index contributed by atoms with van der Waals surface area (Å²) in [5.74, 6) is 3.26. The van der Waals surface area contributed by atoms with E-state index in [1.54, 1.807) is 0 Å². The molecular formula is C17H33NS. The average Bonchev–Trinajstić information content (AvgIpc) is 2.44. The first-order valence-corrected chi connectivity index (χ1v) is 9.69. The number of thioether (sulfide) groups is 1. The van der Waals surface area contributed by atoms with Crippen LogP contribution in [0.4, 0.5) is 0 Å². The van der Waals surface area contributed by atoms with Crippen molar-refractivity contribution < 1.29 is 0 Å². The molecule has 1 nitrogen and oxygen atoms in total. The third kappa shape index (κ3) is 5.30. The molecule has 2 heteroatoms. The van der Waals surface area contributed by atoms with Crippen molar-refractivity contribution in [2.24, 2.45) is 11.8 Å². The van der Waals surface area contributed by atoms with E-state index in [1.807, 2.05) is 0 Å². The van der Waals surface area contributed by atoms with Crippen LogP contribution in [0.15, 0.2) is 0 Å². The van der Waals surface area contributed by atoms with Crippen molar-refractivity contribution in [3.63, 3.8) is 0 Å². The first-order chi connectivity index (χ1) is 9.29. The second-order valence-electron chi connectivity index (χ2n) is 6.79. The first-order valence-electron chi connectivity index (χ1n) is 8.64. The molecule has 0 bridgehead atoms. The van der Waals surface area contributed by atoms with E-state index in [1.165, 1.54) is 63.5 Å². The van der Waals surface area contributed by atoms with Gasteiger partial charge in [-0.15, -0.1) is 0 Å². The molecule has 3 unspecified atom stereocenters. The lowest BCUT2D eigenvalue weighted by atomic mass is 9.79. The fraction of sp³-hybridized carbons (Fsp3) is 1.00. The normalized spacial score (nSPS) is 31.3. The lowest BCUT2D eigenvalue weighted by molar-refractivity contribution is 0.235. The predicted octanol–water partition coefficient (Wildman–Crippen LogP) is 4.86. The van der Waals surface area contributed by atoms with Gasteiger partial charge in [-0.3, -0.25) is 0 Å². The minimum Gasteiger partial charge on any atom is -0.313 e. The van der Waals surface area contributed by atoms with Crippen molar-refractivity contribution in [3.8, 4) is 0 Å². The van der Waals surface area contributed by atoms with E-state index in [0.717, 1.165) is 29.7 Å². The number of nitrogens with one attached hydrogen (secondary N) is 1. The zero-order valence-corrected chi connectivity index (χ0v) is 13.8. The van der Waals surface area contributed by atoms with Gasteiger partial charge >= 0.3 is 0 Å². The monoisotopic (exact) mass is 283 g/mol. The van der Waals surface area contributed by atoms with Crippen molar-refractivity contribution >= 4 is 11.8 Å². The minimum absolute atomic E-state index is 0.777. The van der Waals surface area contributed by atoms with Gasteiger partial charge in [-0.25, -0.2) is 0 Å². The van der Waals surface area contributed by atoms with Gasteiger partial charge in [0, 0.05) is 17.0 Å². The fourth-order valence-electron chi connectivity index (χ4n) is 3.94. The molecule has 0 saturated heterocycles. The minimum atomic E-state index is 0.777. The summed E-state index contributed by atoms with van der Waals surface area (Å²) in [6.45, 7) is 5.86. The zero-order chi connectivity index (χ0) is 13.5. The quantitative estimate of drug-likeness (QED) is 0.747. The van der Waals surface area contributed by atoms with Crippen LogP contribution < -0.4 is 5.32 Å². The number of rotatable bonds is 6. The summed E-state index contributed by atoms with van der Waals surface area (Å²) in [7, 11) is 0. The Hall–Kier alpha value is 0.310. The molecule has 2 saturated carbocycles. The van der Waals surface area contributed by atoms with Gasteiger partial charge in [0.2, 0.25) is 0 Å². The molecule has 3 atom stereocenters. The molecule has 2 rings (SSSR count). The van der Waals surface area contributed by atoms with Crippen molar-refractivity contribution in [1.82, 2.24) is 5.32 Å². The Morgan fingerprint density at radius 2 is 1.84 bits per heavy atom. The molecule has 0 aromatic rings. The van der Waals surface area contributed by atoms with Gasteiger partial charge in [0.15, 0.2) is 0 Å². The predicted molar refractivity (Wildman–Crippen MR) is 87.9 cm³/mol. The van der Waals surface area contributed by atoms with Crippen LogP contribution in [0, 0.1) is 11.8 Å². The van der Waals surface area contributed by atoms with Crippen molar-refractivity contribution in [2.45, 2.75) is 82.9 Å². The molecule has 2 aliphatic rings. The molecule has 0 aromatic carbocycles. The molecule has 19 heavy (non-hydrogen) atoms. The van der Waals surface area contributed by atoms with Crippen LogP contribution >= 0.6 is 11.8 Å². The SMILES string of the molecule is CCNC(CSC1CCCCC1)C1CCCC(C)C1. The fourth-order valence-corrected chi connectivity index (χ4v) is 5.48. The number of hydrogen-bond acceptors (Lipinski definition) is 2. The molecule has 2 fully saturated rings. The molecule has 112 valence electrons. The van der Waals surface area contributed by atoms with Crippen LogP contribution in [0.5, 0.6) is 0 Å². The van der Waals surface area contributed by atoms with E-state index >= 15 is 0 Å². The Bertz CT molecular complexity index is 237. The highest BCUT2D eigenvalue weighted by Gasteiger charge is 2.27. The van der Waals surface area contributed by atoms with Gasteiger partial charge in [0.05, 0.1) is 0 Å². The van der Waals surface area contributed by atoms with E-state index in [0.29, 0.717) is 0 Å². The smallest absolute Gasteiger partial charge is 0.0186 e. The van der Waals surface area contributed by atoms with Crippen LogP contribution in [0.25, 0.3) is 0 Å². The average molecular weight is 284 g/mol. The van der Waals surface area contributed by atoms with Gasteiger partial charge in [0.1, 0.15) is 0 Å². The molecule has 0 spiro atoms. The van der Waals surface area contributed by atoms with Gasteiger partial charge < -0.3 is 5.32 Å². The van der Waals surface area contributed by atoms with Crippen LogP contribution in [0.3, 0.4) is 0 Å². The Morgan fingerprint density at radius 1 is 1.05 bits per heavy atom. The van der Waals surface area contributed by atoms with E-state index in [9.17, 15) is 0 Å². The third-order valence-electron chi connectivity index (χ3n) is 5.08. The van der Waals surface area contributed by atoms with Crippen LogP contribution in [-0.2, 0) is 0 Å². The summed E-state index contributed by atoms with van der Waals surface area (Å²) in [5.41, 5.74) is 0. The summed E-state index contributed by atoms with van der Waals surface area (Å²) in [6.07, 6.45) is 13.2. The maximum atomic E-state index is 3.79. The number of hydrogen-bond donors (Lipinski definition) is 1. The Kier molecular flexibility index (Phi) is 7.07. The molecule has 0 aromatic heterocycles. The van der Waals surface area contributed by atoms with Crippen LogP contribution in [0.1, 0.15) is 71.6 Å². The van der Waals surface area contributed by atoms with Crippen LogP contribution in [0.2, 0.25) is 0 Å². The molecule has 0 heterocycles. The Labute approximate surface area is 124 Å². The molecule has 2 aliphatic carbocycles. The molecule has 0 aliphatic heterocycles. The first kappa shape index (κ1) is 15.7. The summed E-state index contributed by atoms with van der Waals surface area (Å²) in [5, 5.41) is 4.76. The van der Waals surface area contributed by atoms with Crippen molar-refractivity contribution in [3.05, 3.63) is 0 Å². The van der Waals surface area contributed by atoms with Crippen molar-refractivity contribution in [1.29, 1.82) is 0 Å². The Morgan fingerprint density at radius 3 is 2.53 bits per heavy atom. The lowest BCUT2D eigenvalue weighted by Crippen LogP contribution is -2.40. The summed E-state index contributed by atoms with van der Waals surface area (Å²) in [6, 6.07) is 0.777. The largest absolute Gasteiger partial charge is 0.313 e. The van der Waals surface area contributed by atoms with Gasteiger partial charge in [-0.05, 0) is 44.1 Å². The summed E-state index contributed by atoms with van der Waals surface area (Å²) in [4.78, 5) is 0. The zero-order valence-electron chi connectivity index (χ0n) is 13.0. The highest BCUT2D eigenvalue weighted by Crippen LogP contribution is 2.34. The maximum Gasteiger partial charge on any atom is 0.0186 e. The van der Waals surface area contributed by atoms with Crippen LogP contribution in [-0.4, -0.2) is 23.6 Å². The topological polar surface area (TPSA) is 12.0 Å². The van der Waals surface area contributed by atoms with Crippen molar-refractivity contribution in [2.75, 3.05) is 12.3 Å². The molecular weight excluding hydrogens is 250 g/mol. The van der Waals surface area contributed by atoms with Gasteiger partial charge in [0.25, 0.3) is 0 Å². The van der Waals surface area contributed by atoms with E-state index in [2.05, 4.69) is 30.9 Å². The summed E-state index contributed by atoms with van der Waals surface area (Å²) < 4.78 is 0. The Balaban J connectivity index is 1.77. The summed E-state index contributed by atoms with van der Waals surface area (Å²) >= 11 is 2.28. The van der Waals surface area contributed by atoms with E-state index < -0.39 is 0 Å². The highest BCUT2D eigenvalue weighted by molar-refractivity contribution is 7.99. The highest BCUT2D eigenvalue weighted by atomic mass is 32.2.